The van der Waals surface area contributed by atoms with E-state index in [0.29, 0.717) is 19.6 Å². The number of benzene rings is 1. The summed E-state index contributed by atoms with van der Waals surface area (Å²) in [6.07, 6.45) is 1.54. The number of likely N-dealkylation sites (tertiary alicyclic amines) is 1. The molecule has 1 heterocycles. The average Bonchev–Trinajstić information content (AvgIpc) is 2.53. The first kappa shape index (κ1) is 17.7. The molecule has 2 fully saturated rings. The minimum absolute atomic E-state index is 0.0397. The number of carbonyl (C=O) groups is 2. The Morgan fingerprint density at radius 2 is 1.92 bits per heavy atom. The smallest absolute Gasteiger partial charge is 0.317 e. The molecule has 0 aromatic heterocycles. The van der Waals surface area contributed by atoms with Crippen LogP contribution in [0.2, 0.25) is 0 Å². The molecule has 0 radical (unpaired) electrons. The summed E-state index contributed by atoms with van der Waals surface area (Å²) >= 11 is 0. The first-order valence-electron chi connectivity index (χ1n) is 8.70. The van der Waals surface area contributed by atoms with Crippen molar-refractivity contribution in [1.29, 1.82) is 0 Å². The third-order valence-electron chi connectivity index (χ3n) is 5.20. The van der Waals surface area contributed by atoms with Crippen LogP contribution in [0.15, 0.2) is 30.3 Å². The number of amides is 2. The maximum atomic E-state index is 12.3. The second kappa shape index (κ2) is 7.01. The molecule has 0 bridgehead atoms. The van der Waals surface area contributed by atoms with Crippen molar-refractivity contribution in [2.24, 2.45) is 0 Å². The fourth-order valence-corrected chi connectivity index (χ4v) is 3.60. The number of likely N-dealkylation sites (N-methyl/N-ethyl adjacent to an activating group) is 1. The predicted octanol–water partition coefficient (Wildman–Crippen LogP) is 0.837. The third kappa shape index (κ3) is 3.77. The van der Waals surface area contributed by atoms with E-state index in [9.17, 15) is 14.7 Å². The predicted molar refractivity (Wildman–Crippen MR) is 92.1 cm³/mol. The molecule has 1 saturated heterocycles. The fraction of sp³-hybridized carbons (Fsp3) is 0.556. The molecule has 3 rings (SSSR count). The van der Waals surface area contributed by atoms with Gasteiger partial charge < -0.3 is 20.4 Å². The van der Waals surface area contributed by atoms with Gasteiger partial charge in [0.05, 0.1) is 19.6 Å². The van der Waals surface area contributed by atoms with Crippen LogP contribution in [0.4, 0.5) is 4.79 Å². The van der Waals surface area contributed by atoms with E-state index in [1.165, 1.54) is 0 Å². The number of carboxylic acids is 1. The maximum Gasteiger partial charge on any atom is 0.317 e. The van der Waals surface area contributed by atoms with Gasteiger partial charge in [-0.15, -0.1) is 0 Å². The lowest BCUT2D eigenvalue weighted by Gasteiger charge is -2.48. The molecule has 1 aliphatic carbocycles. The van der Waals surface area contributed by atoms with Crippen LogP contribution in [0.3, 0.4) is 0 Å². The summed E-state index contributed by atoms with van der Waals surface area (Å²) in [6, 6.07) is 9.51. The maximum absolute atomic E-state index is 12.3. The minimum Gasteiger partial charge on any atom is -0.480 e. The number of hydrogen-bond donors (Lipinski definition) is 3. The standard InChI is InChI=1S/C18H25N3O4/c1-2-20(10-16(22)23)15-8-14(9-15)19-17(24)21-11-18(25,12-21)13-6-4-3-5-7-13/h3-7,14-15,25H,2,8-12H2,1H3,(H,19,24)(H,22,23). The van der Waals surface area contributed by atoms with E-state index < -0.39 is 11.6 Å². The van der Waals surface area contributed by atoms with E-state index in [1.807, 2.05) is 42.2 Å². The second-order valence-corrected chi connectivity index (χ2v) is 6.98. The highest BCUT2D eigenvalue weighted by Crippen LogP contribution is 2.32. The lowest BCUT2D eigenvalue weighted by Crippen LogP contribution is -2.65. The molecule has 7 heteroatoms. The fourth-order valence-electron chi connectivity index (χ4n) is 3.60. The Labute approximate surface area is 147 Å². The van der Waals surface area contributed by atoms with Crippen LogP contribution >= 0.6 is 0 Å². The Kier molecular flexibility index (Phi) is 4.96. The van der Waals surface area contributed by atoms with Crippen molar-refractivity contribution < 1.29 is 19.8 Å². The summed E-state index contributed by atoms with van der Waals surface area (Å²) in [5, 5.41) is 22.4. The highest BCUT2D eigenvalue weighted by atomic mass is 16.4. The van der Waals surface area contributed by atoms with Crippen molar-refractivity contribution in [2.45, 2.75) is 37.5 Å². The zero-order chi connectivity index (χ0) is 18.0. The van der Waals surface area contributed by atoms with Crippen LogP contribution in [-0.4, -0.2) is 70.3 Å². The molecule has 1 aromatic rings. The van der Waals surface area contributed by atoms with E-state index in [1.54, 1.807) is 4.90 Å². The highest BCUT2D eigenvalue weighted by molar-refractivity contribution is 5.76. The molecule has 7 nitrogen and oxygen atoms in total. The second-order valence-electron chi connectivity index (χ2n) is 6.98. The number of rotatable bonds is 6. The van der Waals surface area contributed by atoms with Crippen LogP contribution in [0.1, 0.15) is 25.3 Å². The topological polar surface area (TPSA) is 93.1 Å². The summed E-state index contributed by atoms with van der Waals surface area (Å²) in [5.41, 5.74) is -0.128. The van der Waals surface area contributed by atoms with Crippen molar-refractivity contribution in [3.63, 3.8) is 0 Å². The SMILES string of the molecule is CCN(CC(=O)O)C1CC(NC(=O)N2CC(O)(c3ccccc3)C2)C1. The van der Waals surface area contributed by atoms with Gasteiger partial charge in [-0.05, 0) is 24.9 Å². The van der Waals surface area contributed by atoms with Crippen LogP contribution in [0.25, 0.3) is 0 Å². The molecule has 2 amide bonds. The van der Waals surface area contributed by atoms with Gasteiger partial charge in [-0.3, -0.25) is 9.69 Å². The zero-order valence-corrected chi connectivity index (χ0v) is 14.4. The Bertz CT molecular complexity index is 624. The van der Waals surface area contributed by atoms with Crippen molar-refractivity contribution in [2.75, 3.05) is 26.2 Å². The van der Waals surface area contributed by atoms with Gasteiger partial charge in [-0.2, -0.15) is 0 Å². The van der Waals surface area contributed by atoms with E-state index in [4.69, 9.17) is 5.11 Å². The average molecular weight is 347 g/mol. The van der Waals surface area contributed by atoms with Gasteiger partial charge >= 0.3 is 12.0 Å². The molecule has 2 aliphatic rings. The molecule has 0 spiro atoms. The lowest BCUT2D eigenvalue weighted by molar-refractivity contribution is -0.139. The number of aliphatic hydroxyl groups is 1. The van der Waals surface area contributed by atoms with E-state index >= 15 is 0 Å². The van der Waals surface area contributed by atoms with E-state index in [0.717, 1.165) is 18.4 Å². The molecule has 0 atom stereocenters. The Morgan fingerprint density at radius 3 is 2.48 bits per heavy atom. The van der Waals surface area contributed by atoms with Crippen LogP contribution in [0, 0.1) is 0 Å². The zero-order valence-electron chi connectivity index (χ0n) is 14.4. The lowest BCUT2D eigenvalue weighted by atomic mass is 9.84. The monoisotopic (exact) mass is 347 g/mol. The van der Waals surface area contributed by atoms with Gasteiger partial charge in [0, 0.05) is 12.1 Å². The number of nitrogens with one attached hydrogen (secondary N) is 1. The first-order chi connectivity index (χ1) is 11.9. The number of urea groups is 1. The summed E-state index contributed by atoms with van der Waals surface area (Å²) < 4.78 is 0. The highest BCUT2D eigenvalue weighted by Gasteiger charge is 2.46. The van der Waals surface area contributed by atoms with Crippen molar-refractivity contribution in [1.82, 2.24) is 15.1 Å². The number of nitrogens with zero attached hydrogens (tertiary/aromatic N) is 2. The quantitative estimate of drug-likeness (QED) is 0.709. The van der Waals surface area contributed by atoms with Gasteiger partial charge in [0.2, 0.25) is 0 Å². The van der Waals surface area contributed by atoms with Gasteiger partial charge in [0.25, 0.3) is 0 Å². The van der Waals surface area contributed by atoms with Gasteiger partial charge in [-0.25, -0.2) is 4.79 Å². The van der Waals surface area contributed by atoms with Gasteiger partial charge in [0.1, 0.15) is 5.60 Å². The summed E-state index contributed by atoms with van der Waals surface area (Å²) in [6.45, 7) is 3.25. The molecule has 0 unspecified atom stereocenters. The minimum atomic E-state index is -0.957. The summed E-state index contributed by atoms with van der Waals surface area (Å²) in [4.78, 5) is 26.6. The van der Waals surface area contributed by atoms with Crippen molar-refractivity contribution in [3.05, 3.63) is 35.9 Å². The van der Waals surface area contributed by atoms with Gasteiger partial charge in [0.15, 0.2) is 0 Å². The normalized spacial score (nSPS) is 24.4. The number of carbonyl (C=O) groups excluding carboxylic acids is 1. The molecule has 136 valence electrons. The third-order valence-corrected chi connectivity index (χ3v) is 5.20. The van der Waals surface area contributed by atoms with Crippen LogP contribution in [-0.2, 0) is 10.4 Å². The first-order valence-corrected chi connectivity index (χ1v) is 8.70. The molecule has 1 aromatic carbocycles. The molecule has 1 saturated carbocycles. The molecular weight excluding hydrogens is 322 g/mol. The van der Waals surface area contributed by atoms with E-state index in [2.05, 4.69) is 5.32 Å². The Balaban J connectivity index is 1.43. The largest absolute Gasteiger partial charge is 0.480 e. The molecule has 3 N–H and O–H groups in total. The Morgan fingerprint density at radius 1 is 1.28 bits per heavy atom. The van der Waals surface area contributed by atoms with Crippen molar-refractivity contribution in [3.8, 4) is 0 Å². The summed E-state index contributed by atoms with van der Waals surface area (Å²) in [7, 11) is 0. The molecule has 25 heavy (non-hydrogen) atoms. The van der Waals surface area contributed by atoms with E-state index in [-0.39, 0.29) is 24.7 Å². The number of carboxylic acid groups (broad SMARTS) is 1. The Hall–Kier alpha value is -2.12. The van der Waals surface area contributed by atoms with Crippen molar-refractivity contribution >= 4 is 12.0 Å². The van der Waals surface area contributed by atoms with Gasteiger partial charge in [-0.1, -0.05) is 37.3 Å². The van der Waals surface area contributed by atoms with Crippen LogP contribution in [0.5, 0.6) is 0 Å². The number of hydrogen-bond acceptors (Lipinski definition) is 4. The molecular formula is C18H25N3O4. The molecule has 1 aliphatic heterocycles. The summed E-state index contributed by atoms with van der Waals surface area (Å²) in [5.74, 6) is -0.824. The number of aliphatic carboxylic acids is 1. The van der Waals surface area contributed by atoms with Crippen LogP contribution < -0.4 is 5.32 Å². The number of β-amino-alcohol motifs (C(OH)–C–C–N with tert-alkyl or cyclic N) is 1.